The largest absolute Gasteiger partial charge is 0.293 e. The lowest BCUT2D eigenvalue weighted by atomic mass is 10.1. The first-order chi connectivity index (χ1) is 9.06. The maximum atomic E-state index is 13.3. The van der Waals surface area contributed by atoms with Gasteiger partial charge in [-0.1, -0.05) is 18.2 Å². The molecular weight excluding hydrogens is 266 g/mol. The Morgan fingerprint density at radius 1 is 1.16 bits per heavy atom. The Kier molecular flexibility index (Phi) is 4.32. The van der Waals surface area contributed by atoms with Gasteiger partial charge in [-0.2, -0.15) is 0 Å². The van der Waals surface area contributed by atoms with Crippen LogP contribution >= 0.6 is 11.8 Å². The molecule has 1 nitrogen and oxygen atoms in total. The first-order valence-electron chi connectivity index (χ1n) is 5.74. The third-order valence-corrected chi connectivity index (χ3v) is 3.65. The van der Waals surface area contributed by atoms with Crippen LogP contribution in [0.4, 0.5) is 8.78 Å². The molecule has 0 radical (unpaired) electrons. The van der Waals surface area contributed by atoms with Crippen molar-refractivity contribution in [3.05, 3.63) is 65.2 Å². The molecule has 98 valence electrons. The molecule has 0 aliphatic rings. The first-order valence-corrected chi connectivity index (χ1v) is 6.72. The number of thioether (sulfide) groups is 1. The fourth-order valence-corrected chi connectivity index (χ4v) is 2.39. The van der Waals surface area contributed by atoms with Crippen molar-refractivity contribution in [2.75, 3.05) is 5.75 Å². The quantitative estimate of drug-likeness (QED) is 0.614. The van der Waals surface area contributed by atoms with Crippen molar-refractivity contribution in [3.63, 3.8) is 0 Å². The lowest BCUT2D eigenvalue weighted by Crippen LogP contribution is -2.03. The van der Waals surface area contributed by atoms with Crippen LogP contribution in [0.25, 0.3) is 0 Å². The standard InChI is InChI=1S/C15H12F2OS/c1-10-5-6-11(7-14(10)17)15(18)9-19-13-4-2-3-12(16)8-13/h2-8H,9H2,1H3. The van der Waals surface area contributed by atoms with E-state index in [1.165, 1.54) is 30.0 Å². The molecule has 0 aliphatic carbocycles. The average Bonchev–Trinajstić information content (AvgIpc) is 2.39. The van der Waals surface area contributed by atoms with Gasteiger partial charge in [-0.15, -0.1) is 11.8 Å². The predicted octanol–water partition coefficient (Wildman–Crippen LogP) is 4.25. The number of benzene rings is 2. The van der Waals surface area contributed by atoms with Crippen LogP contribution < -0.4 is 0 Å². The molecule has 2 rings (SSSR count). The second kappa shape index (κ2) is 5.97. The number of hydrogen-bond donors (Lipinski definition) is 0. The number of hydrogen-bond acceptors (Lipinski definition) is 2. The second-order valence-electron chi connectivity index (χ2n) is 4.13. The van der Waals surface area contributed by atoms with Crippen LogP contribution in [0.2, 0.25) is 0 Å². The molecule has 0 saturated heterocycles. The Morgan fingerprint density at radius 3 is 2.63 bits per heavy atom. The van der Waals surface area contributed by atoms with Gasteiger partial charge in [0, 0.05) is 10.5 Å². The van der Waals surface area contributed by atoms with E-state index in [1.807, 2.05) is 0 Å². The van der Waals surface area contributed by atoms with Gasteiger partial charge < -0.3 is 0 Å². The van der Waals surface area contributed by atoms with E-state index in [2.05, 4.69) is 0 Å². The average molecular weight is 278 g/mol. The van der Waals surface area contributed by atoms with Crippen molar-refractivity contribution >= 4 is 17.5 Å². The molecule has 0 spiro atoms. The van der Waals surface area contributed by atoms with E-state index in [9.17, 15) is 13.6 Å². The minimum atomic E-state index is -0.387. The molecule has 19 heavy (non-hydrogen) atoms. The maximum absolute atomic E-state index is 13.3. The number of carbonyl (C=O) groups is 1. The van der Waals surface area contributed by atoms with E-state index in [0.717, 1.165) is 0 Å². The summed E-state index contributed by atoms with van der Waals surface area (Å²) in [5.41, 5.74) is 0.848. The van der Waals surface area contributed by atoms with Gasteiger partial charge in [0.1, 0.15) is 11.6 Å². The Balaban J connectivity index is 2.03. The zero-order valence-corrected chi connectivity index (χ0v) is 11.1. The van der Waals surface area contributed by atoms with Crippen LogP contribution in [0.1, 0.15) is 15.9 Å². The van der Waals surface area contributed by atoms with Crippen molar-refractivity contribution in [1.29, 1.82) is 0 Å². The third-order valence-electron chi connectivity index (χ3n) is 2.66. The molecule has 2 aromatic carbocycles. The summed E-state index contributed by atoms with van der Waals surface area (Å²) in [4.78, 5) is 12.6. The number of halogens is 2. The van der Waals surface area contributed by atoms with Gasteiger partial charge in [-0.05, 0) is 36.8 Å². The van der Waals surface area contributed by atoms with E-state index in [1.54, 1.807) is 31.2 Å². The molecule has 4 heteroatoms. The van der Waals surface area contributed by atoms with Gasteiger partial charge in [0.25, 0.3) is 0 Å². The van der Waals surface area contributed by atoms with Crippen LogP contribution in [-0.4, -0.2) is 11.5 Å². The lowest BCUT2D eigenvalue weighted by molar-refractivity contribution is 0.102. The molecule has 0 aliphatic heterocycles. The van der Waals surface area contributed by atoms with Crippen molar-refractivity contribution in [3.8, 4) is 0 Å². The number of carbonyl (C=O) groups excluding carboxylic acids is 1. The minimum absolute atomic E-state index is 0.159. The fourth-order valence-electron chi connectivity index (χ4n) is 1.56. The molecule has 0 atom stereocenters. The summed E-state index contributed by atoms with van der Waals surface area (Å²) in [6.07, 6.45) is 0. The molecule has 0 heterocycles. The molecule has 0 bridgehead atoms. The Bertz CT molecular complexity index is 611. The molecule has 0 fully saturated rings. The Labute approximate surface area is 114 Å². The van der Waals surface area contributed by atoms with Gasteiger partial charge in [0.2, 0.25) is 0 Å². The summed E-state index contributed by atoms with van der Waals surface area (Å²) >= 11 is 1.24. The molecule has 0 aromatic heterocycles. The molecule has 0 N–H and O–H groups in total. The normalized spacial score (nSPS) is 10.5. The Morgan fingerprint density at radius 2 is 1.95 bits per heavy atom. The van der Waals surface area contributed by atoms with Crippen LogP contribution in [0.15, 0.2) is 47.4 Å². The molecule has 0 unspecified atom stereocenters. The topological polar surface area (TPSA) is 17.1 Å². The summed E-state index contributed by atoms with van der Waals surface area (Å²) in [5.74, 6) is -0.736. The van der Waals surface area contributed by atoms with E-state index >= 15 is 0 Å². The number of rotatable bonds is 4. The van der Waals surface area contributed by atoms with Gasteiger partial charge in [-0.25, -0.2) is 8.78 Å². The predicted molar refractivity (Wildman–Crippen MR) is 72.6 cm³/mol. The molecule has 0 saturated carbocycles. The van der Waals surface area contributed by atoms with Crippen LogP contribution in [0, 0.1) is 18.6 Å². The monoisotopic (exact) mass is 278 g/mol. The van der Waals surface area contributed by atoms with Gasteiger partial charge in [0.05, 0.1) is 5.75 Å². The smallest absolute Gasteiger partial charge is 0.173 e. The third kappa shape index (κ3) is 3.64. The lowest BCUT2D eigenvalue weighted by Gasteiger charge is -2.03. The van der Waals surface area contributed by atoms with Gasteiger partial charge in [-0.3, -0.25) is 4.79 Å². The summed E-state index contributed by atoms with van der Waals surface area (Å²) < 4.78 is 26.3. The molecule has 0 amide bonds. The number of ketones is 1. The zero-order valence-electron chi connectivity index (χ0n) is 10.3. The van der Waals surface area contributed by atoms with Crippen molar-refractivity contribution in [2.45, 2.75) is 11.8 Å². The highest BCUT2D eigenvalue weighted by molar-refractivity contribution is 8.00. The first kappa shape index (κ1) is 13.7. The van der Waals surface area contributed by atoms with E-state index in [4.69, 9.17) is 0 Å². The minimum Gasteiger partial charge on any atom is -0.293 e. The zero-order chi connectivity index (χ0) is 13.8. The van der Waals surface area contributed by atoms with Gasteiger partial charge >= 0.3 is 0 Å². The second-order valence-corrected chi connectivity index (χ2v) is 5.18. The highest BCUT2D eigenvalue weighted by atomic mass is 32.2. The SMILES string of the molecule is Cc1ccc(C(=O)CSc2cccc(F)c2)cc1F. The highest BCUT2D eigenvalue weighted by Crippen LogP contribution is 2.20. The van der Waals surface area contributed by atoms with Crippen LogP contribution in [-0.2, 0) is 0 Å². The highest BCUT2D eigenvalue weighted by Gasteiger charge is 2.09. The fraction of sp³-hybridized carbons (Fsp3) is 0.133. The number of aryl methyl sites for hydroxylation is 1. The maximum Gasteiger partial charge on any atom is 0.173 e. The van der Waals surface area contributed by atoms with E-state index in [0.29, 0.717) is 16.0 Å². The summed E-state index contributed by atoms with van der Waals surface area (Å²) in [7, 11) is 0. The summed E-state index contributed by atoms with van der Waals surface area (Å²) in [6.45, 7) is 1.64. The van der Waals surface area contributed by atoms with Crippen molar-refractivity contribution in [2.24, 2.45) is 0 Å². The summed E-state index contributed by atoms with van der Waals surface area (Å²) in [5, 5.41) is 0. The Hall–Kier alpha value is -1.68. The van der Waals surface area contributed by atoms with Crippen molar-refractivity contribution < 1.29 is 13.6 Å². The van der Waals surface area contributed by atoms with Gasteiger partial charge in [0.15, 0.2) is 5.78 Å². The summed E-state index contributed by atoms with van der Waals surface area (Å²) in [6, 6.07) is 10.5. The number of Topliss-reactive ketones (excluding diaryl/α,β-unsaturated/α-hetero) is 1. The van der Waals surface area contributed by atoms with Crippen LogP contribution in [0.3, 0.4) is 0 Å². The van der Waals surface area contributed by atoms with E-state index < -0.39 is 0 Å². The van der Waals surface area contributed by atoms with Crippen molar-refractivity contribution in [1.82, 2.24) is 0 Å². The molecular formula is C15H12F2OS. The van der Waals surface area contributed by atoms with Crippen LogP contribution in [0.5, 0.6) is 0 Å². The van der Waals surface area contributed by atoms with E-state index in [-0.39, 0.29) is 23.2 Å². The molecule has 2 aromatic rings.